The van der Waals surface area contributed by atoms with Gasteiger partial charge in [-0.25, -0.2) is 0 Å². The zero-order valence-corrected chi connectivity index (χ0v) is 21.2. The zero-order chi connectivity index (χ0) is 23.8. The Bertz CT molecular complexity index is 756. The van der Waals surface area contributed by atoms with Gasteiger partial charge in [-0.15, -0.1) is 0 Å². The molecule has 2 saturated carbocycles. The lowest BCUT2D eigenvalue weighted by Gasteiger charge is -2.44. The summed E-state index contributed by atoms with van der Waals surface area (Å²) in [4.78, 5) is 0. The average molecular weight is 463 g/mol. The molecule has 2 aromatic carbocycles. The molecule has 0 spiro atoms. The smallest absolute Gasteiger partial charge is 0.0608 e. The lowest BCUT2D eigenvalue weighted by atomic mass is 9.62. The Labute approximate surface area is 207 Å². The number of hydrogen-bond acceptors (Lipinski definition) is 2. The molecule has 2 aromatic rings. The van der Waals surface area contributed by atoms with Gasteiger partial charge in [0.15, 0.2) is 0 Å². The molecule has 0 amide bonds. The van der Waals surface area contributed by atoms with E-state index in [2.05, 4.69) is 67.6 Å². The van der Waals surface area contributed by atoms with Crippen molar-refractivity contribution in [2.24, 2.45) is 17.8 Å². The number of aliphatic hydroxyl groups excluding tert-OH is 2. The van der Waals surface area contributed by atoms with Crippen LogP contribution in [0.4, 0.5) is 0 Å². The molecule has 0 aliphatic heterocycles. The largest absolute Gasteiger partial charge is 0.392 e. The maximum absolute atomic E-state index is 10.9. The van der Waals surface area contributed by atoms with Crippen LogP contribution < -0.4 is 0 Å². The van der Waals surface area contributed by atoms with Crippen LogP contribution in [-0.4, -0.2) is 22.4 Å². The Morgan fingerprint density at radius 3 is 1.59 bits per heavy atom. The van der Waals surface area contributed by atoms with E-state index in [1.165, 1.54) is 49.7 Å². The molecule has 0 heterocycles. The van der Waals surface area contributed by atoms with Crippen LogP contribution in [0.1, 0.15) is 107 Å². The highest BCUT2D eigenvalue weighted by atomic mass is 16.3. The molecular weight excluding hydrogens is 416 g/mol. The highest BCUT2D eigenvalue weighted by molar-refractivity contribution is 5.23. The maximum atomic E-state index is 10.9. The van der Waals surface area contributed by atoms with Crippen molar-refractivity contribution in [3.63, 3.8) is 0 Å². The third-order valence-corrected chi connectivity index (χ3v) is 9.02. The third-order valence-electron chi connectivity index (χ3n) is 9.02. The standard InChI is InChI=1S/C32H46O2/c1-2-3-4-5-12-17-28(26-18-20-31(33)29(22-26)24-13-8-6-9-14-24)27-19-21-32(34)30(23-27)25-15-10-7-11-16-25/h6-11,13-16,26-34H,2-5,12,17-23H2,1H3. The summed E-state index contributed by atoms with van der Waals surface area (Å²) in [6.07, 6.45) is 13.9. The summed E-state index contributed by atoms with van der Waals surface area (Å²) in [6, 6.07) is 21.4. The van der Waals surface area contributed by atoms with Gasteiger partial charge in [-0.1, -0.05) is 99.7 Å². The molecule has 0 saturated heterocycles. The van der Waals surface area contributed by atoms with Gasteiger partial charge in [0.1, 0.15) is 0 Å². The normalized spacial score (nSPS) is 30.7. The molecule has 6 unspecified atom stereocenters. The zero-order valence-electron chi connectivity index (χ0n) is 21.2. The van der Waals surface area contributed by atoms with E-state index >= 15 is 0 Å². The Morgan fingerprint density at radius 2 is 1.12 bits per heavy atom. The van der Waals surface area contributed by atoms with Gasteiger partial charge in [0.2, 0.25) is 0 Å². The number of unbranched alkanes of at least 4 members (excludes halogenated alkanes) is 4. The minimum absolute atomic E-state index is 0.214. The van der Waals surface area contributed by atoms with Crippen molar-refractivity contribution in [3.8, 4) is 0 Å². The van der Waals surface area contributed by atoms with E-state index in [-0.39, 0.29) is 24.0 Å². The average Bonchev–Trinajstić information content (AvgIpc) is 2.88. The van der Waals surface area contributed by atoms with Gasteiger partial charge >= 0.3 is 0 Å². The van der Waals surface area contributed by atoms with Crippen LogP contribution in [0.25, 0.3) is 0 Å². The molecule has 2 nitrogen and oxygen atoms in total. The molecule has 2 aliphatic carbocycles. The minimum Gasteiger partial charge on any atom is -0.392 e. The first-order chi connectivity index (χ1) is 16.7. The fourth-order valence-corrected chi connectivity index (χ4v) is 7.11. The molecular formula is C32H46O2. The van der Waals surface area contributed by atoms with Crippen LogP contribution in [0.5, 0.6) is 0 Å². The summed E-state index contributed by atoms with van der Waals surface area (Å²) in [5.41, 5.74) is 2.62. The highest BCUT2D eigenvalue weighted by Gasteiger charge is 2.40. The van der Waals surface area contributed by atoms with Crippen LogP contribution in [-0.2, 0) is 0 Å². The predicted octanol–water partition coefficient (Wildman–Crippen LogP) is 7.85. The van der Waals surface area contributed by atoms with E-state index < -0.39 is 0 Å². The summed E-state index contributed by atoms with van der Waals surface area (Å²) >= 11 is 0. The van der Waals surface area contributed by atoms with Gasteiger partial charge in [0.05, 0.1) is 12.2 Å². The van der Waals surface area contributed by atoms with Gasteiger partial charge in [-0.3, -0.25) is 0 Å². The fourth-order valence-electron chi connectivity index (χ4n) is 7.11. The maximum Gasteiger partial charge on any atom is 0.0608 e. The van der Waals surface area contributed by atoms with Crippen molar-refractivity contribution in [2.75, 3.05) is 0 Å². The summed E-state index contributed by atoms with van der Waals surface area (Å²) in [5, 5.41) is 21.8. The summed E-state index contributed by atoms with van der Waals surface area (Å²) in [5.74, 6) is 2.59. The summed E-state index contributed by atoms with van der Waals surface area (Å²) in [6.45, 7) is 2.29. The van der Waals surface area contributed by atoms with Crippen LogP contribution in [0.15, 0.2) is 60.7 Å². The van der Waals surface area contributed by atoms with Crippen LogP contribution in [0.2, 0.25) is 0 Å². The molecule has 2 heteroatoms. The van der Waals surface area contributed by atoms with E-state index in [4.69, 9.17) is 0 Å². The molecule has 186 valence electrons. The van der Waals surface area contributed by atoms with E-state index in [0.29, 0.717) is 17.8 Å². The predicted molar refractivity (Wildman–Crippen MR) is 142 cm³/mol. The van der Waals surface area contributed by atoms with Crippen molar-refractivity contribution in [2.45, 2.75) is 108 Å². The SMILES string of the molecule is CCCCCCCC(C1CCC(O)C(c2ccccc2)C1)C1CCC(O)C(c2ccccc2)C1. The lowest BCUT2D eigenvalue weighted by molar-refractivity contribution is 0.0221. The first-order valence-corrected chi connectivity index (χ1v) is 14.1. The molecule has 2 N–H and O–H groups in total. The molecule has 2 aliphatic rings. The van der Waals surface area contributed by atoms with E-state index in [0.717, 1.165) is 38.5 Å². The van der Waals surface area contributed by atoms with Gasteiger partial charge < -0.3 is 10.2 Å². The fraction of sp³-hybridized carbons (Fsp3) is 0.625. The Kier molecular flexibility index (Phi) is 9.65. The van der Waals surface area contributed by atoms with Crippen molar-refractivity contribution in [1.82, 2.24) is 0 Å². The first kappa shape index (κ1) is 25.5. The topological polar surface area (TPSA) is 40.5 Å². The lowest BCUT2D eigenvalue weighted by Crippen LogP contribution is -2.37. The molecule has 0 aromatic heterocycles. The van der Waals surface area contributed by atoms with Crippen molar-refractivity contribution in [3.05, 3.63) is 71.8 Å². The second-order valence-corrected chi connectivity index (χ2v) is 11.2. The quantitative estimate of drug-likeness (QED) is 0.353. The van der Waals surface area contributed by atoms with Crippen molar-refractivity contribution >= 4 is 0 Å². The van der Waals surface area contributed by atoms with Crippen LogP contribution in [0.3, 0.4) is 0 Å². The van der Waals surface area contributed by atoms with Crippen molar-refractivity contribution in [1.29, 1.82) is 0 Å². The Morgan fingerprint density at radius 1 is 0.647 bits per heavy atom. The number of hydrogen-bond donors (Lipinski definition) is 2. The van der Waals surface area contributed by atoms with Gasteiger partial charge in [0, 0.05) is 11.8 Å². The molecule has 34 heavy (non-hydrogen) atoms. The number of rotatable bonds is 10. The van der Waals surface area contributed by atoms with Crippen molar-refractivity contribution < 1.29 is 10.2 Å². The van der Waals surface area contributed by atoms with E-state index in [9.17, 15) is 10.2 Å². The second-order valence-electron chi connectivity index (χ2n) is 11.2. The molecule has 0 radical (unpaired) electrons. The van der Waals surface area contributed by atoms with Gasteiger partial charge in [-0.2, -0.15) is 0 Å². The van der Waals surface area contributed by atoms with E-state index in [1.54, 1.807) is 0 Å². The van der Waals surface area contributed by atoms with Crippen LogP contribution >= 0.6 is 0 Å². The number of benzene rings is 2. The van der Waals surface area contributed by atoms with E-state index in [1.807, 2.05) is 0 Å². The van der Waals surface area contributed by atoms with Crippen LogP contribution in [0, 0.1) is 17.8 Å². The Hall–Kier alpha value is -1.64. The molecule has 6 atom stereocenters. The minimum atomic E-state index is -0.214. The molecule has 2 fully saturated rings. The first-order valence-electron chi connectivity index (χ1n) is 14.1. The summed E-state index contributed by atoms with van der Waals surface area (Å²) < 4.78 is 0. The molecule has 0 bridgehead atoms. The molecule has 4 rings (SSSR count). The third kappa shape index (κ3) is 6.52. The summed E-state index contributed by atoms with van der Waals surface area (Å²) in [7, 11) is 0. The number of aliphatic hydroxyl groups is 2. The second kappa shape index (κ2) is 12.9. The van der Waals surface area contributed by atoms with Gasteiger partial charge in [-0.05, 0) is 73.8 Å². The highest BCUT2D eigenvalue weighted by Crippen LogP contribution is 2.48. The van der Waals surface area contributed by atoms with Gasteiger partial charge in [0.25, 0.3) is 0 Å². The Balaban J connectivity index is 1.50. The monoisotopic (exact) mass is 462 g/mol.